The molecule has 4 heteroatoms. The van der Waals surface area contributed by atoms with Gasteiger partial charge >= 0.3 is 0 Å². The smallest absolute Gasteiger partial charge is 0.224 e. The number of hydrogen-bond donors (Lipinski definition) is 1. The minimum absolute atomic E-state index is 0.0269. The fraction of sp³-hybridized carbons (Fsp3) is 0.462. The van der Waals surface area contributed by atoms with E-state index < -0.39 is 0 Å². The van der Waals surface area contributed by atoms with Crippen LogP contribution in [-0.4, -0.2) is 26.7 Å². The van der Waals surface area contributed by atoms with E-state index in [2.05, 4.69) is 5.32 Å². The van der Waals surface area contributed by atoms with E-state index in [9.17, 15) is 4.79 Å². The van der Waals surface area contributed by atoms with E-state index >= 15 is 0 Å². The van der Waals surface area contributed by atoms with Gasteiger partial charge in [0.05, 0.1) is 20.6 Å². The molecule has 1 aromatic carbocycles. The van der Waals surface area contributed by atoms with Crippen LogP contribution >= 0.6 is 0 Å². The fourth-order valence-electron chi connectivity index (χ4n) is 1.50. The van der Waals surface area contributed by atoms with Crippen molar-refractivity contribution < 1.29 is 14.3 Å². The summed E-state index contributed by atoms with van der Waals surface area (Å²) in [6, 6.07) is 5.50. The molecule has 0 saturated heterocycles. The molecule has 4 nitrogen and oxygen atoms in total. The maximum atomic E-state index is 11.5. The van der Waals surface area contributed by atoms with E-state index in [1.54, 1.807) is 20.3 Å². The van der Waals surface area contributed by atoms with Crippen LogP contribution in [0.25, 0.3) is 0 Å². The van der Waals surface area contributed by atoms with Crippen molar-refractivity contribution in [2.24, 2.45) is 0 Å². The van der Waals surface area contributed by atoms with E-state index in [0.717, 1.165) is 12.0 Å². The summed E-state index contributed by atoms with van der Waals surface area (Å²) >= 11 is 0. The molecule has 0 spiro atoms. The van der Waals surface area contributed by atoms with Gasteiger partial charge in [0, 0.05) is 6.54 Å². The van der Waals surface area contributed by atoms with Crippen molar-refractivity contribution in [2.45, 2.75) is 19.8 Å². The topological polar surface area (TPSA) is 47.6 Å². The lowest BCUT2D eigenvalue weighted by molar-refractivity contribution is -0.120. The van der Waals surface area contributed by atoms with Crippen LogP contribution in [0.4, 0.5) is 0 Å². The van der Waals surface area contributed by atoms with Crippen molar-refractivity contribution in [1.82, 2.24) is 5.32 Å². The van der Waals surface area contributed by atoms with Gasteiger partial charge in [-0.3, -0.25) is 4.79 Å². The molecule has 0 aliphatic carbocycles. The Morgan fingerprint density at radius 1 is 1.24 bits per heavy atom. The highest BCUT2D eigenvalue weighted by Crippen LogP contribution is 2.27. The molecular weight excluding hydrogens is 218 g/mol. The van der Waals surface area contributed by atoms with Gasteiger partial charge in [0.15, 0.2) is 11.5 Å². The SMILES string of the molecule is CCCNC(=O)Cc1ccc(OC)c(OC)c1. The average Bonchev–Trinajstić information content (AvgIpc) is 2.36. The second kappa shape index (κ2) is 6.78. The number of hydrogen-bond acceptors (Lipinski definition) is 3. The first-order chi connectivity index (χ1) is 8.21. The quantitative estimate of drug-likeness (QED) is 0.820. The standard InChI is InChI=1S/C13H19NO3/c1-4-7-14-13(15)9-10-5-6-11(16-2)12(8-10)17-3/h5-6,8H,4,7,9H2,1-3H3,(H,14,15). The minimum atomic E-state index is 0.0269. The molecule has 0 aliphatic rings. The summed E-state index contributed by atoms with van der Waals surface area (Å²) < 4.78 is 10.3. The van der Waals surface area contributed by atoms with Crippen molar-refractivity contribution in [3.05, 3.63) is 23.8 Å². The molecule has 1 amide bonds. The van der Waals surface area contributed by atoms with Crippen LogP contribution < -0.4 is 14.8 Å². The summed E-state index contributed by atoms with van der Waals surface area (Å²) in [4.78, 5) is 11.5. The highest BCUT2D eigenvalue weighted by Gasteiger charge is 2.07. The number of carbonyl (C=O) groups excluding carboxylic acids is 1. The van der Waals surface area contributed by atoms with Gasteiger partial charge in [0.2, 0.25) is 5.91 Å². The van der Waals surface area contributed by atoms with Crippen LogP contribution in [0.3, 0.4) is 0 Å². The number of amides is 1. The molecule has 94 valence electrons. The number of benzene rings is 1. The van der Waals surface area contributed by atoms with Crippen molar-refractivity contribution >= 4 is 5.91 Å². The lowest BCUT2D eigenvalue weighted by Crippen LogP contribution is -2.25. The van der Waals surface area contributed by atoms with Gasteiger partial charge in [-0.1, -0.05) is 13.0 Å². The Bertz CT molecular complexity index is 377. The van der Waals surface area contributed by atoms with Gasteiger partial charge in [0.25, 0.3) is 0 Å². The second-order valence-corrected chi connectivity index (χ2v) is 3.72. The Morgan fingerprint density at radius 3 is 2.53 bits per heavy atom. The summed E-state index contributed by atoms with van der Waals surface area (Å²) in [7, 11) is 3.17. The van der Waals surface area contributed by atoms with Gasteiger partial charge in [-0.25, -0.2) is 0 Å². The molecule has 0 unspecified atom stereocenters. The Balaban J connectivity index is 2.68. The van der Waals surface area contributed by atoms with Crippen LogP contribution in [0.15, 0.2) is 18.2 Å². The lowest BCUT2D eigenvalue weighted by Gasteiger charge is -2.09. The fourth-order valence-corrected chi connectivity index (χ4v) is 1.50. The van der Waals surface area contributed by atoms with Gasteiger partial charge in [-0.05, 0) is 24.1 Å². The first-order valence-electron chi connectivity index (χ1n) is 5.68. The molecule has 17 heavy (non-hydrogen) atoms. The second-order valence-electron chi connectivity index (χ2n) is 3.72. The van der Waals surface area contributed by atoms with E-state index in [-0.39, 0.29) is 5.91 Å². The van der Waals surface area contributed by atoms with Crippen molar-refractivity contribution in [2.75, 3.05) is 20.8 Å². The van der Waals surface area contributed by atoms with Crippen LogP contribution in [-0.2, 0) is 11.2 Å². The number of methoxy groups -OCH3 is 2. The molecule has 0 saturated carbocycles. The predicted octanol–water partition coefficient (Wildman–Crippen LogP) is 1.77. The Morgan fingerprint density at radius 2 is 1.94 bits per heavy atom. The minimum Gasteiger partial charge on any atom is -0.493 e. The van der Waals surface area contributed by atoms with Gasteiger partial charge in [0.1, 0.15) is 0 Å². The van der Waals surface area contributed by atoms with E-state index in [0.29, 0.717) is 24.5 Å². The molecule has 0 atom stereocenters. The monoisotopic (exact) mass is 237 g/mol. The number of carbonyl (C=O) groups is 1. The Hall–Kier alpha value is -1.71. The number of rotatable bonds is 6. The predicted molar refractivity (Wildman–Crippen MR) is 66.6 cm³/mol. The first-order valence-corrected chi connectivity index (χ1v) is 5.68. The third-order valence-corrected chi connectivity index (χ3v) is 2.38. The highest BCUT2D eigenvalue weighted by molar-refractivity contribution is 5.78. The molecule has 0 aliphatic heterocycles. The molecule has 1 N–H and O–H groups in total. The summed E-state index contributed by atoms with van der Waals surface area (Å²) in [5.41, 5.74) is 0.913. The normalized spacial score (nSPS) is 9.82. The highest BCUT2D eigenvalue weighted by atomic mass is 16.5. The van der Waals surface area contributed by atoms with Gasteiger partial charge in [-0.2, -0.15) is 0 Å². The maximum absolute atomic E-state index is 11.5. The first kappa shape index (κ1) is 13.4. The summed E-state index contributed by atoms with van der Waals surface area (Å²) in [6.45, 7) is 2.74. The van der Waals surface area contributed by atoms with Crippen LogP contribution in [0, 0.1) is 0 Å². The van der Waals surface area contributed by atoms with E-state index in [4.69, 9.17) is 9.47 Å². The largest absolute Gasteiger partial charge is 0.493 e. The van der Waals surface area contributed by atoms with Crippen LogP contribution in [0.2, 0.25) is 0 Å². The molecule has 1 rings (SSSR count). The van der Waals surface area contributed by atoms with Crippen LogP contribution in [0.5, 0.6) is 11.5 Å². The molecule has 0 aromatic heterocycles. The molecule has 1 aromatic rings. The molecule has 0 bridgehead atoms. The lowest BCUT2D eigenvalue weighted by atomic mass is 10.1. The summed E-state index contributed by atoms with van der Waals surface area (Å²) in [5, 5.41) is 2.84. The zero-order valence-electron chi connectivity index (χ0n) is 10.6. The maximum Gasteiger partial charge on any atom is 0.224 e. The van der Waals surface area contributed by atoms with Crippen LogP contribution in [0.1, 0.15) is 18.9 Å². The zero-order chi connectivity index (χ0) is 12.7. The summed E-state index contributed by atoms with van der Waals surface area (Å²) in [6.07, 6.45) is 1.30. The van der Waals surface area contributed by atoms with E-state index in [1.165, 1.54) is 0 Å². The number of ether oxygens (including phenoxy) is 2. The average molecular weight is 237 g/mol. The van der Waals surface area contributed by atoms with Gasteiger partial charge in [-0.15, -0.1) is 0 Å². The Labute approximate surface area is 102 Å². The van der Waals surface area contributed by atoms with Gasteiger partial charge < -0.3 is 14.8 Å². The third kappa shape index (κ3) is 3.98. The Kier molecular flexibility index (Phi) is 5.33. The third-order valence-electron chi connectivity index (χ3n) is 2.38. The molecule has 0 radical (unpaired) electrons. The summed E-state index contributed by atoms with van der Waals surface area (Å²) in [5.74, 6) is 1.34. The zero-order valence-corrected chi connectivity index (χ0v) is 10.6. The molecule has 0 heterocycles. The van der Waals surface area contributed by atoms with E-state index in [1.807, 2.05) is 19.1 Å². The number of nitrogens with one attached hydrogen (secondary N) is 1. The van der Waals surface area contributed by atoms with Crippen molar-refractivity contribution in [3.63, 3.8) is 0 Å². The molecular formula is C13H19NO3. The van der Waals surface area contributed by atoms with Crippen molar-refractivity contribution in [3.8, 4) is 11.5 Å². The molecule has 0 fully saturated rings. The van der Waals surface area contributed by atoms with Crippen molar-refractivity contribution in [1.29, 1.82) is 0 Å².